The SMILES string of the molecule is CCc1ccccc1-n1c(C)cc(/C=C2\SC(=Nc3ccccc3)N(CCCc3ccccc3)C2=O)c1C. The van der Waals surface area contributed by atoms with E-state index in [0.29, 0.717) is 11.4 Å². The van der Waals surface area contributed by atoms with Crippen LogP contribution in [0.15, 0.2) is 101 Å². The molecule has 0 spiro atoms. The Bertz CT molecular complexity index is 1490. The van der Waals surface area contributed by atoms with Crippen molar-refractivity contribution in [2.75, 3.05) is 6.54 Å². The maximum Gasteiger partial charge on any atom is 0.266 e. The van der Waals surface area contributed by atoms with Gasteiger partial charge in [-0.2, -0.15) is 0 Å². The molecule has 2 heterocycles. The number of amides is 1. The third kappa shape index (κ3) is 5.53. The topological polar surface area (TPSA) is 37.6 Å². The quantitative estimate of drug-likeness (QED) is 0.222. The molecule has 5 heteroatoms. The molecule has 3 aromatic carbocycles. The molecular weight excluding hydrogens is 486 g/mol. The minimum Gasteiger partial charge on any atom is -0.318 e. The summed E-state index contributed by atoms with van der Waals surface area (Å²) in [5, 5.41) is 0.741. The summed E-state index contributed by atoms with van der Waals surface area (Å²) in [6, 6.07) is 31.0. The molecule has 1 fully saturated rings. The Morgan fingerprint density at radius 1 is 0.895 bits per heavy atom. The van der Waals surface area contributed by atoms with Crippen LogP contribution in [0.4, 0.5) is 5.69 Å². The number of carbonyl (C=O) groups excluding carboxylic acids is 1. The Kier molecular flexibility index (Phi) is 7.94. The Balaban J connectivity index is 1.45. The van der Waals surface area contributed by atoms with E-state index in [4.69, 9.17) is 4.99 Å². The maximum atomic E-state index is 13.7. The number of thioether (sulfide) groups is 1. The number of aromatic nitrogens is 1. The van der Waals surface area contributed by atoms with Gasteiger partial charge in [0.2, 0.25) is 0 Å². The molecule has 0 aliphatic carbocycles. The number of rotatable bonds is 8. The van der Waals surface area contributed by atoms with E-state index in [0.717, 1.165) is 47.1 Å². The molecule has 1 aliphatic rings. The van der Waals surface area contributed by atoms with Gasteiger partial charge in [-0.15, -0.1) is 0 Å². The molecule has 0 bridgehead atoms. The lowest BCUT2D eigenvalue weighted by atomic mass is 10.1. The summed E-state index contributed by atoms with van der Waals surface area (Å²) in [6.07, 6.45) is 4.80. The second kappa shape index (κ2) is 11.7. The van der Waals surface area contributed by atoms with Crippen molar-refractivity contribution in [3.8, 4) is 5.69 Å². The molecule has 1 aliphatic heterocycles. The summed E-state index contributed by atoms with van der Waals surface area (Å²) in [5.41, 5.74) is 8.00. The highest BCUT2D eigenvalue weighted by Crippen LogP contribution is 2.36. The predicted molar refractivity (Wildman–Crippen MR) is 160 cm³/mol. The molecule has 0 N–H and O–H groups in total. The van der Waals surface area contributed by atoms with Gasteiger partial charge >= 0.3 is 0 Å². The van der Waals surface area contributed by atoms with Crippen molar-refractivity contribution in [1.82, 2.24) is 9.47 Å². The standard InChI is InChI=1S/C33H33N3OS/c1-4-27-17-11-12-20-30(27)36-24(2)22-28(25(36)3)23-31-32(37)35(21-13-16-26-14-7-5-8-15-26)33(38-31)34-29-18-9-6-10-19-29/h5-12,14-15,17-20,22-23H,4,13,16,21H2,1-3H3/b31-23-,34-33?. The molecule has 1 aromatic heterocycles. The molecule has 1 saturated heterocycles. The van der Waals surface area contributed by atoms with E-state index in [1.165, 1.54) is 28.6 Å². The van der Waals surface area contributed by atoms with Crippen LogP contribution >= 0.6 is 11.8 Å². The fourth-order valence-corrected chi connectivity index (χ4v) is 5.98. The van der Waals surface area contributed by atoms with E-state index in [1.807, 2.05) is 47.4 Å². The summed E-state index contributed by atoms with van der Waals surface area (Å²) in [5.74, 6) is 0.0245. The van der Waals surface area contributed by atoms with Crippen molar-refractivity contribution in [3.05, 3.63) is 124 Å². The molecule has 38 heavy (non-hydrogen) atoms. The molecule has 0 atom stereocenters. The summed E-state index contributed by atoms with van der Waals surface area (Å²) >= 11 is 1.47. The maximum absolute atomic E-state index is 13.7. The van der Waals surface area contributed by atoms with Crippen molar-refractivity contribution in [3.63, 3.8) is 0 Å². The molecule has 1 amide bonds. The summed E-state index contributed by atoms with van der Waals surface area (Å²) in [6.45, 7) is 7.08. The molecule has 4 aromatic rings. The van der Waals surface area contributed by atoms with Gasteiger partial charge < -0.3 is 4.57 Å². The van der Waals surface area contributed by atoms with Gasteiger partial charge in [0.25, 0.3) is 5.91 Å². The molecule has 0 radical (unpaired) electrons. The van der Waals surface area contributed by atoms with Crippen LogP contribution < -0.4 is 0 Å². The van der Waals surface area contributed by atoms with Crippen molar-refractivity contribution in [1.29, 1.82) is 0 Å². The fourth-order valence-electron chi connectivity index (χ4n) is 4.96. The lowest BCUT2D eigenvalue weighted by Gasteiger charge is -2.15. The number of para-hydroxylation sites is 2. The second-order valence-corrected chi connectivity index (χ2v) is 10.5. The second-order valence-electron chi connectivity index (χ2n) is 9.53. The zero-order valence-electron chi connectivity index (χ0n) is 22.2. The monoisotopic (exact) mass is 519 g/mol. The zero-order chi connectivity index (χ0) is 26.5. The third-order valence-electron chi connectivity index (χ3n) is 6.93. The number of nitrogens with zero attached hydrogens (tertiary/aromatic N) is 3. The van der Waals surface area contributed by atoms with Gasteiger partial charge in [0, 0.05) is 23.6 Å². The fraction of sp³-hybridized carbons (Fsp3) is 0.212. The first-order valence-corrected chi connectivity index (χ1v) is 14.0. The normalized spacial score (nSPS) is 15.7. The number of hydrogen-bond acceptors (Lipinski definition) is 3. The number of amidine groups is 1. The van der Waals surface area contributed by atoms with Gasteiger partial charge in [-0.3, -0.25) is 9.69 Å². The van der Waals surface area contributed by atoms with Crippen LogP contribution in [0.3, 0.4) is 0 Å². The average molecular weight is 520 g/mol. The lowest BCUT2D eigenvalue weighted by Crippen LogP contribution is -2.30. The number of aliphatic imine (C=N–C) groups is 1. The van der Waals surface area contributed by atoms with Gasteiger partial charge in [0.15, 0.2) is 5.17 Å². The predicted octanol–water partition coefficient (Wildman–Crippen LogP) is 7.89. The summed E-state index contributed by atoms with van der Waals surface area (Å²) in [4.78, 5) is 21.1. The zero-order valence-corrected chi connectivity index (χ0v) is 23.0. The van der Waals surface area contributed by atoms with Gasteiger partial charge in [0.05, 0.1) is 10.6 Å². The van der Waals surface area contributed by atoms with Crippen LogP contribution in [0.25, 0.3) is 11.8 Å². The van der Waals surface area contributed by atoms with Gasteiger partial charge in [-0.1, -0.05) is 73.7 Å². The Hall–Kier alpha value is -3.83. The van der Waals surface area contributed by atoms with Crippen LogP contribution in [0.2, 0.25) is 0 Å². The summed E-state index contributed by atoms with van der Waals surface area (Å²) in [7, 11) is 0. The molecule has 0 unspecified atom stereocenters. The van der Waals surface area contributed by atoms with Crippen LogP contribution in [-0.2, 0) is 17.6 Å². The highest BCUT2D eigenvalue weighted by atomic mass is 32.2. The first-order valence-electron chi connectivity index (χ1n) is 13.2. The highest BCUT2D eigenvalue weighted by molar-refractivity contribution is 8.18. The third-order valence-corrected chi connectivity index (χ3v) is 7.94. The van der Waals surface area contributed by atoms with Crippen molar-refractivity contribution < 1.29 is 4.79 Å². The first kappa shape index (κ1) is 25.8. The minimum absolute atomic E-state index is 0.0245. The van der Waals surface area contributed by atoms with Crippen LogP contribution in [0, 0.1) is 13.8 Å². The van der Waals surface area contributed by atoms with Gasteiger partial charge in [0.1, 0.15) is 0 Å². The van der Waals surface area contributed by atoms with E-state index in [1.54, 1.807) is 0 Å². The molecular formula is C33H33N3OS. The van der Waals surface area contributed by atoms with E-state index in [9.17, 15) is 4.79 Å². The summed E-state index contributed by atoms with van der Waals surface area (Å²) < 4.78 is 2.30. The van der Waals surface area contributed by atoms with Crippen molar-refractivity contribution in [2.24, 2.45) is 4.99 Å². The van der Waals surface area contributed by atoms with Gasteiger partial charge in [-0.25, -0.2) is 4.99 Å². The van der Waals surface area contributed by atoms with E-state index in [2.05, 4.69) is 79.9 Å². The van der Waals surface area contributed by atoms with Crippen molar-refractivity contribution in [2.45, 2.75) is 40.0 Å². The number of hydrogen-bond donors (Lipinski definition) is 0. The average Bonchev–Trinajstić information content (AvgIpc) is 3.39. The first-order chi connectivity index (χ1) is 18.5. The number of aryl methyl sites for hydroxylation is 3. The van der Waals surface area contributed by atoms with Crippen LogP contribution in [0.1, 0.15) is 41.4 Å². The van der Waals surface area contributed by atoms with Gasteiger partial charge in [-0.05, 0) is 91.9 Å². The van der Waals surface area contributed by atoms with Crippen LogP contribution in [0.5, 0.6) is 0 Å². The van der Waals surface area contributed by atoms with E-state index in [-0.39, 0.29) is 5.91 Å². The highest BCUT2D eigenvalue weighted by Gasteiger charge is 2.33. The lowest BCUT2D eigenvalue weighted by molar-refractivity contribution is -0.122. The number of benzene rings is 3. The van der Waals surface area contributed by atoms with Crippen molar-refractivity contribution >= 4 is 34.6 Å². The molecule has 192 valence electrons. The Morgan fingerprint density at radius 3 is 2.32 bits per heavy atom. The molecule has 5 rings (SSSR count). The van der Waals surface area contributed by atoms with Crippen LogP contribution in [-0.4, -0.2) is 27.1 Å². The Morgan fingerprint density at radius 2 is 1.58 bits per heavy atom. The molecule has 4 nitrogen and oxygen atoms in total. The molecule has 0 saturated carbocycles. The van der Waals surface area contributed by atoms with E-state index < -0.39 is 0 Å². The van der Waals surface area contributed by atoms with E-state index >= 15 is 0 Å². The largest absolute Gasteiger partial charge is 0.318 e. The Labute approximate surface area is 229 Å². The minimum atomic E-state index is 0.0245. The number of carbonyl (C=O) groups is 1. The smallest absolute Gasteiger partial charge is 0.266 e.